The van der Waals surface area contributed by atoms with E-state index in [4.69, 9.17) is 0 Å². The summed E-state index contributed by atoms with van der Waals surface area (Å²) < 4.78 is 1.37. The minimum Gasteiger partial charge on any atom is -0.481 e. The topological polar surface area (TPSA) is 110 Å². The number of fused-ring (bicyclic) bond motifs is 1. The van der Waals surface area contributed by atoms with Crippen LogP contribution >= 0.6 is 11.3 Å². The van der Waals surface area contributed by atoms with Crippen LogP contribution in [0.2, 0.25) is 0 Å². The lowest BCUT2D eigenvalue weighted by Gasteiger charge is -2.22. The van der Waals surface area contributed by atoms with Gasteiger partial charge >= 0.3 is 11.8 Å². The molecule has 0 aliphatic carbocycles. The summed E-state index contributed by atoms with van der Waals surface area (Å²) in [7, 11) is 0. The van der Waals surface area contributed by atoms with E-state index in [1.807, 2.05) is 0 Å². The van der Waals surface area contributed by atoms with E-state index < -0.39 is 16.3 Å². The summed E-state index contributed by atoms with van der Waals surface area (Å²) in [5.41, 5.74) is -0.995. The van der Waals surface area contributed by atoms with Crippen LogP contribution in [0.5, 0.6) is 0 Å². The van der Waals surface area contributed by atoms with Crippen molar-refractivity contribution in [3.05, 3.63) is 21.7 Å². The number of carbonyl (C=O) groups is 1. The lowest BCUT2D eigenvalue weighted by molar-refractivity contribution is -0.389. The molecule has 0 spiro atoms. The predicted molar refractivity (Wildman–Crippen MR) is 74.2 cm³/mol. The molecule has 8 nitrogen and oxygen atoms in total. The molecule has 108 valence electrons. The lowest BCUT2D eigenvalue weighted by Crippen LogP contribution is -2.34. The van der Waals surface area contributed by atoms with Crippen molar-refractivity contribution in [1.29, 1.82) is 0 Å². The maximum atomic E-state index is 11.2. The zero-order valence-electron chi connectivity index (χ0n) is 11.0. The van der Waals surface area contributed by atoms with Crippen LogP contribution in [0.1, 0.15) is 20.3 Å². The maximum absolute atomic E-state index is 11.2. The molecule has 1 unspecified atom stereocenters. The summed E-state index contributed by atoms with van der Waals surface area (Å²) in [4.78, 5) is 26.4. The van der Waals surface area contributed by atoms with Crippen LogP contribution in [0.25, 0.3) is 4.96 Å². The highest BCUT2D eigenvalue weighted by atomic mass is 32.1. The van der Waals surface area contributed by atoms with Gasteiger partial charge in [-0.3, -0.25) is 4.79 Å². The number of nitrogens with zero attached hydrogens (tertiary/aromatic N) is 3. The smallest absolute Gasteiger partial charge is 0.372 e. The Labute approximate surface area is 118 Å². The number of rotatable bonds is 6. The van der Waals surface area contributed by atoms with Gasteiger partial charge in [-0.1, -0.05) is 18.3 Å². The van der Waals surface area contributed by atoms with Gasteiger partial charge in [-0.05, 0) is 18.3 Å². The van der Waals surface area contributed by atoms with Crippen molar-refractivity contribution in [1.82, 2.24) is 9.38 Å². The van der Waals surface area contributed by atoms with E-state index in [-0.39, 0.29) is 18.2 Å². The molecule has 0 amide bonds. The largest absolute Gasteiger partial charge is 0.481 e. The molecule has 0 radical (unpaired) electrons. The SMILES string of the molecule is CCC(C)(CNc1nc2sccn2c1[N+](=O)[O-])C(=O)O. The highest BCUT2D eigenvalue weighted by Crippen LogP contribution is 2.30. The average Bonchev–Trinajstić information content (AvgIpc) is 2.94. The van der Waals surface area contributed by atoms with Gasteiger partial charge in [-0.25, -0.2) is 0 Å². The normalized spacial score (nSPS) is 14.1. The predicted octanol–water partition coefficient (Wildman–Crippen LogP) is 2.22. The Balaban J connectivity index is 2.30. The summed E-state index contributed by atoms with van der Waals surface area (Å²) in [5.74, 6) is -1.02. The van der Waals surface area contributed by atoms with E-state index in [1.54, 1.807) is 25.4 Å². The zero-order valence-corrected chi connectivity index (χ0v) is 11.8. The van der Waals surface area contributed by atoms with Crippen molar-refractivity contribution < 1.29 is 14.8 Å². The van der Waals surface area contributed by atoms with E-state index in [1.165, 1.54) is 15.7 Å². The third kappa shape index (κ3) is 2.31. The third-order valence-electron chi connectivity index (χ3n) is 3.35. The first kappa shape index (κ1) is 14.3. The van der Waals surface area contributed by atoms with Crippen molar-refractivity contribution >= 4 is 33.9 Å². The van der Waals surface area contributed by atoms with Gasteiger partial charge in [0.2, 0.25) is 5.82 Å². The standard InChI is InChI=1S/C11H14N4O4S/c1-3-11(2,9(16)17)6-12-7-8(15(18)19)14-4-5-20-10(14)13-7/h4-5,12H,3,6H2,1-2H3,(H,16,17). The molecule has 0 saturated carbocycles. The van der Waals surface area contributed by atoms with Crippen LogP contribution in [0.3, 0.4) is 0 Å². The fourth-order valence-corrected chi connectivity index (χ4v) is 2.41. The number of thiazole rings is 1. The minimum atomic E-state index is -0.995. The number of aliphatic carboxylic acids is 1. The van der Waals surface area contributed by atoms with E-state index in [0.717, 1.165) is 0 Å². The molecular weight excluding hydrogens is 284 g/mol. The molecule has 2 aromatic rings. The fraction of sp³-hybridized carbons (Fsp3) is 0.455. The van der Waals surface area contributed by atoms with E-state index in [9.17, 15) is 20.0 Å². The first-order valence-corrected chi connectivity index (χ1v) is 6.84. The number of anilines is 1. The van der Waals surface area contributed by atoms with Gasteiger partial charge in [-0.15, -0.1) is 0 Å². The Morgan fingerprint density at radius 3 is 2.95 bits per heavy atom. The summed E-state index contributed by atoms with van der Waals surface area (Å²) >= 11 is 1.28. The van der Waals surface area contributed by atoms with Crippen LogP contribution in [0, 0.1) is 15.5 Å². The number of carboxylic acids is 1. The first-order chi connectivity index (χ1) is 9.39. The molecule has 1 atom stereocenters. The molecule has 0 bridgehead atoms. The molecule has 2 aromatic heterocycles. The summed E-state index contributed by atoms with van der Waals surface area (Å²) in [6.07, 6.45) is 1.97. The second kappa shape index (κ2) is 5.08. The lowest BCUT2D eigenvalue weighted by atomic mass is 9.88. The Hall–Kier alpha value is -2.16. The Kier molecular flexibility index (Phi) is 3.62. The molecule has 2 rings (SSSR count). The molecule has 2 heterocycles. The van der Waals surface area contributed by atoms with Gasteiger partial charge < -0.3 is 20.5 Å². The van der Waals surface area contributed by atoms with Crippen molar-refractivity contribution in [2.24, 2.45) is 5.41 Å². The van der Waals surface area contributed by atoms with Gasteiger partial charge in [0.15, 0.2) is 0 Å². The van der Waals surface area contributed by atoms with E-state index in [0.29, 0.717) is 11.4 Å². The Morgan fingerprint density at radius 1 is 1.70 bits per heavy atom. The molecule has 0 aromatic carbocycles. The Bertz CT molecular complexity index is 664. The number of hydrogen-bond acceptors (Lipinski definition) is 6. The number of imidazole rings is 1. The minimum absolute atomic E-state index is 0.0739. The van der Waals surface area contributed by atoms with Crippen LogP contribution in [-0.2, 0) is 4.79 Å². The fourth-order valence-electron chi connectivity index (χ4n) is 1.70. The number of hydrogen-bond donors (Lipinski definition) is 2. The summed E-state index contributed by atoms with van der Waals surface area (Å²) in [5, 5.41) is 24.8. The van der Waals surface area contributed by atoms with Crippen molar-refractivity contribution in [3.63, 3.8) is 0 Å². The Morgan fingerprint density at radius 2 is 2.40 bits per heavy atom. The third-order valence-corrected chi connectivity index (χ3v) is 4.11. The van der Waals surface area contributed by atoms with Crippen molar-refractivity contribution in [2.75, 3.05) is 11.9 Å². The second-order valence-electron chi connectivity index (χ2n) is 4.67. The molecule has 0 fully saturated rings. The highest BCUT2D eigenvalue weighted by molar-refractivity contribution is 7.15. The van der Waals surface area contributed by atoms with Crippen molar-refractivity contribution in [3.8, 4) is 0 Å². The van der Waals surface area contributed by atoms with Gasteiger partial charge in [0, 0.05) is 11.9 Å². The number of aromatic nitrogens is 2. The van der Waals surface area contributed by atoms with E-state index >= 15 is 0 Å². The number of carboxylic acid groups (broad SMARTS) is 1. The van der Waals surface area contributed by atoms with E-state index in [2.05, 4.69) is 10.3 Å². The summed E-state index contributed by atoms with van der Waals surface area (Å²) in [6.45, 7) is 3.42. The van der Waals surface area contributed by atoms with Gasteiger partial charge in [0.1, 0.15) is 6.20 Å². The van der Waals surface area contributed by atoms with Crippen LogP contribution in [0.4, 0.5) is 11.6 Å². The van der Waals surface area contributed by atoms with Crippen LogP contribution in [0.15, 0.2) is 11.6 Å². The van der Waals surface area contributed by atoms with Crippen LogP contribution in [-0.4, -0.2) is 31.9 Å². The second-order valence-corrected chi connectivity index (χ2v) is 5.54. The molecule has 0 saturated heterocycles. The molecule has 0 aliphatic heterocycles. The highest BCUT2D eigenvalue weighted by Gasteiger charge is 2.33. The number of nitrogens with one attached hydrogen (secondary N) is 1. The van der Waals surface area contributed by atoms with Crippen molar-refractivity contribution in [2.45, 2.75) is 20.3 Å². The molecule has 9 heteroatoms. The summed E-state index contributed by atoms with van der Waals surface area (Å²) in [6, 6.07) is 0. The quantitative estimate of drug-likeness (QED) is 0.625. The van der Waals surface area contributed by atoms with Gasteiger partial charge in [0.25, 0.3) is 4.96 Å². The molecule has 20 heavy (non-hydrogen) atoms. The zero-order chi connectivity index (χ0) is 14.9. The monoisotopic (exact) mass is 298 g/mol. The number of nitro groups is 1. The molecule has 0 aliphatic rings. The maximum Gasteiger partial charge on any atom is 0.372 e. The first-order valence-electron chi connectivity index (χ1n) is 5.96. The van der Waals surface area contributed by atoms with Crippen LogP contribution < -0.4 is 5.32 Å². The average molecular weight is 298 g/mol. The van der Waals surface area contributed by atoms with Gasteiger partial charge in [-0.2, -0.15) is 9.38 Å². The molecule has 2 N–H and O–H groups in total. The van der Waals surface area contributed by atoms with Gasteiger partial charge in [0.05, 0.1) is 5.41 Å². The molecular formula is C11H14N4O4S.